The summed E-state index contributed by atoms with van der Waals surface area (Å²) in [5.41, 5.74) is 2.47. The maximum atomic E-state index is 4.62. The van der Waals surface area contributed by atoms with E-state index in [2.05, 4.69) is 45.2 Å². The highest BCUT2D eigenvalue weighted by molar-refractivity contribution is 5.33. The van der Waals surface area contributed by atoms with Crippen LogP contribution in [0.15, 0.2) is 42.6 Å². The van der Waals surface area contributed by atoms with Crippen molar-refractivity contribution < 1.29 is 0 Å². The summed E-state index contributed by atoms with van der Waals surface area (Å²) < 4.78 is 0. The monoisotopic (exact) mass is 281 g/mol. The van der Waals surface area contributed by atoms with E-state index in [1.165, 1.54) is 31.2 Å². The topological polar surface area (TPSA) is 29.0 Å². The van der Waals surface area contributed by atoms with Gasteiger partial charge in [0.2, 0.25) is 5.95 Å². The zero-order valence-electron chi connectivity index (χ0n) is 12.7. The molecule has 1 aromatic carbocycles. The number of nitrogens with zero attached hydrogens (tertiary/aromatic N) is 3. The molecule has 1 aliphatic heterocycles. The summed E-state index contributed by atoms with van der Waals surface area (Å²) in [5.74, 6) is 0.910. The molecule has 3 rings (SSSR count). The number of aryl methyl sites for hydroxylation is 2. The van der Waals surface area contributed by atoms with Crippen molar-refractivity contribution in [3.63, 3.8) is 0 Å². The predicted octanol–water partition coefficient (Wildman–Crippen LogP) is 3.78. The highest BCUT2D eigenvalue weighted by atomic mass is 15.3. The first kappa shape index (κ1) is 14.1. The molecule has 0 amide bonds. The van der Waals surface area contributed by atoms with Crippen LogP contribution in [0, 0.1) is 6.92 Å². The maximum absolute atomic E-state index is 4.62. The molecule has 0 bridgehead atoms. The van der Waals surface area contributed by atoms with Gasteiger partial charge in [0.05, 0.1) is 0 Å². The standard InChI is InChI=1S/C18H23N3/c1-15-12-13-19-18(20-15)21-14-6-5-9-17(21)11-10-16-7-3-2-4-8-16/h2-4,7-8,12-13,17H,5-6,9-11,14H2,1H3. The minimum Gasteiger partial charge on any atom is -0.338 e. The molecule has 0 N–H and O–H groups in total. The first-order valence-electron chi connectivity index (χ1n) is 7.93. The molecule has 110 valence electrons. The van der Waals surface area contributed by atoms with E-state index in [1.54, 1.807) is 0 Å². The normalized spacial score (nSPS) is 18.7. The summed E-state index contributed by atoms with van der Waals surface area (Å²) in [6, 6.07) is 13.3. The van der Waals surface area contributed by atoms with Gasteiger partial charge in [-0.25, -0.2) is 9.97 Å². The van der Waals surface area contributed by atoms with Crippen LogP contribution in [0.5, 0.6) is 0 Å². The number of rotatable bonds is 4. The number of hydrogen-bond donors (Lipinski definition) is 0. The molecule has 0 saturated carbocycles. The van der Waals surface area contributed by atoms with Crippen molar-refractivity contribution in [3.05, 3.63) is 53.9 Å². The molecule has 3 heteroatoms. The van der Waals surface area contributed by atoms with Gasteiger partial charge < -0.3 is 4.90 Å². The van der Waals surface area contributed by atoms with E-state index in [0.717, 1.165) is 24.6 Å². The van der Waals surface area contributed by atoms with Crippen LogP contribution in [-0.2, 0) is 6.42 Å². The quantitative estimate of drug-likeness (QED) is 0.854. The van der Waals surface area contributed by atoms with E-state index in [0.29, 0.717) is 6.04 Å². The lowest BCUT2D eigenvalue weighted by atomic mass is 9.96. The van der Waals surface area contributed by atoms with Crippen molar-refractivity contribution in [2.75, 3.05) is 11.4 Å². The largest absolute Gasteiger partial charge is 0.338 e. The second-order valence-electron chi connectivity index (χ2n) is 5.87. The van der Waals surface area contributed by atoms with Gasteiger partial charge in [-0.05, 0) is 50.7 Å². The second-order valence-corrected chi connectivity index (χ2v) is 5.87. The highest BCUT2D eigenvalue weighted by Crippen LogP contribution is 2.25. The maximum Gasteiger partial charge on any atom is 0.225 e. The van der Waals surface area contributed by atoms with Crippen molar-refractivity contribution in [2.45, 2.75) is 45.1 Å². The summed E-state index contributed by atoms with van der Waals surface area (Å²) in [7, 11) is 0. The molecule has 3 nitrogen and oxygen atoms in total. The minimum absolute atomic E-state index is 0.570. The highest BCUT2D eigenvalue weighted by Gasteiger charge is 2.24. The Morgan fingerprint density at radius 2 is 2.00 bits per heavy atom. The molecule has 2 aromatic rings. The second kappa shape index (κ2) is 6.70. The van der Waals surface area contributed by atoms with Crippen molar-refractivity contribution in [2.24, 2.45) is 0 Å². The van der Waals surface area contributed by atoms with Crippen LogP contribution in [0.1, 0.15) is 36.9 Å². The van der Waals surface area contributed by atoms with Gasteiger partial charge >= 0.3 is 0 Å². The number of aromatic nitrogens is 2. The zero-order chi connectivity index (χ0) is 14.5. The van der Waals surface area contributed by atoms with Crippen molar-refractivity contribution >= 4 is 5.95 Å². The average molecular weight is 281 g/mol. The summed E-state index contributed by atoms with van der Waals surface area (Å²) in [4.78, 5) is 11.5. The van der Waals surface area contributed by atoms with Gasteiger partial charge in [-0.3, -0.25) is 0 Å². The molecular formula is C18H23N3. The first-order valence-corrected chi connectivity index (χ1v) is 7.93. The molecule has 1 atom stereocenters. The van der Waals surface area contributed by atoms with E-state index in [-0.39, 0.29) is 0 Å². The van der Waals surface area contributed by atoms with Gasteiger partial charge in [0.25, 0.3) is 0 Å². The van der Waals surface area contributed by atoms with E-state index in [4.69, 9.17) is 0 Å². The van der Waals surface area contributed by atoms with Gasteiger partial charge in [0.1, 0.15) is 0 Å². The molecule has 0 spiro atoms. The van der Waals surface area contributed by atoms with Crippen LogP contribution in [-0.4, -0.2) is 22.6 Å². The molecule has 1 saturated heterocycles. The predicted molar refractivity (Wildman–Crippen MR) is 86.5 cm³/mol. The van der Waals surface area contributed by atoms with Crippen LogP contribution >= 0.6 is 0 Å². The number of hydrogen-bond acceptors (Lipinski definition) is 3. The lowest BCUT2D eigenvalue weighted by molar-refractivity contribution is 0.431. The fraction of sp³-hybridized carbons (Fsp3) is 0.444. The van der Waals surface area contributed by atoms with Crippen LogP contribution < -0.4 is 4.90 Å². The lowest BCUT2D eigenvalue weighted by Crippen LogP contribution is -2.41. The summed E-state index contributed by atoms with van der Waals surface area (Å²) in [5, 5.41) is 0. The number of anilines is 1. The Hall–Kier alpha value is -1.90. The van der Waals surface area contributed by atoms with Crippen LogP contribution in [0.4, 0.5) is 5.95 Å². The van der Waals surface area contributed by atoms with Gasteiger partial charge in [-0.1, -0.05) is 30.3 Å². The molecule has 0 radical (unpaired) electrons. The Labute approximate surface area is 127 Å². The van der Waals surface area contributed by atoms with Gasteiger partial charge in [-0.15, -0.1) is 0 Å². The van der Waals surface area contributed by atoms with Gasteiger partial charge in [0, 0.05) is 24.5 Å². The smallest absolute Gasteiger partial charge is 0.225 e. The summed E-state index contributed by atoms with van der Waals surface area (Å²) in [6.07, 6.45) is 8.01. The van der Waals surface area contributed by atoms with E-state index in [1.807, 2.05) is 19.2 Å². The molecular weight excluding hydrogens is 258 g/mol. The van der Waals surface area contributed by atoms with Crippen molar-refractivity contribution in [3.8, 4) is 0 Å². The number of benzene rings is 1. The Kier molecular flexibility index (Phi) is 4.49. The summed E-state index contributed by atoms with van der Waals surface area (Å²) in [6.45, 7) is 3.12. The molecule has 1 aromatic heterocycles. The Bertz CT molecular complexity index is 568. The molecule has 21 heavy (non-hydrogen) atoms. The average Bonchev–Trinajstić information content (AvgIpc) is 2.54. The summed E-state index contributed by atoms with van der Waals surface area (Å²) >= 11 is 0. The molecule has 1 aliphatic rings. The Balaban J connectivity index is 1.70. The zero-order valence-corrected chi connectivity index (χ0v) is 12.7. The molecule has 0 aliphatic carbocycles. The van der Waals surface area contributed by atoms with Crippen molar-refractivity contribution in [1.29, 1.82) is 0 Å². The molecule has 2 heterocycles. The van der Waals surface area contributed by atoms with Gasteiger partial charge in [0.15, 0.2) is 0 Å². The molecule has 1 fully saturated rings. The third-order valence-electron chi connectivity index (χ3n) is 4.28. The molecule has 1 unspecified atom stereocenters. The van der Waals surface area contributed by atoms with Crippen LogP contribution in [0.3, 0.4) is 0 Å². The third-order valence-corrected chi connectivity index (χ3v) is 4.28. The van der Waals surface area contributed by atoms with E-state index in [9.17, 15) is 0 Å². The Morgan fingerprint density at radius 1 is 1.14 bits per heavy atom. The first-order chi connectivity index (χ1) is 10.3. The fourth-order valence-electron chi connectivity index (χ4n) is 3.12. The lowest BCUT2D eigenvalue weighted by Gasteiger charge is -2.36. The van der Waals surface area contributed by atoms with Crippen LogP contribution in [0.2, 0.25) is 0 Å². The number of piperidine rings is 1. The van der Waals surface area contributed by atoms with Crippen molar-refractivity contribution in [1.82, 2.24) is 9.97 Å². The van der Waals surface area contributed by atoms with Crippen LogP contribution in [0.25, 0.3) is 0 Å². The SMILES string of the molecule is Cc1ccnc(N2CCCCC2CCc2ccccc2)n1. The minimum atomic E-state index is 0.570. The Morgan fingerprint density at radius 3 is 2.81 bits per heavy atom. The fourth-order valence-corrected chi connectivity index (χ4v) is 3.12. The van der Waals surface area contributed by atoms with Gasteiger partial charge in [-0.2, -0.15) is 0 Å². The van der Waals surface area contributed by atoms with E-state index >= 15 is 0 Å². The van der Waals surface area contributed by atoms with E-state index < -0.39 is 0 Å². The third kappa shape index (κ3) is 3.60.